The van der Waals surface area contributed by atoms with Gasteiger partial charge in [-0.15, -0.1) is 8.75 Å². The third-order valence-corrected chi connectivity index (χ3v) is 22.7. The smallest absolute Gasteiger partial charge is 0.310 e. The SMILES string of the molecule is CCCCCCCCCCC(CI)(C(=O)[O-])C1CC1.CCCCCCCCCCCC(=O)OC(C1CC1)[N+]1(C)CCC=C(c2nsnc2OCCCCCC)C1.CCCCCCCCCCCC(=O)OC(C1CC1)[N+]1(C)CCC=C(c2nsnc2OCCCCCC)C1.O=C[O-]. The number of hydrogen-bond acceptors (Lipinski definition) is 16. The van der Waals surface area contributed by atoms with Crippen LogP contribution in [0, 0.1) is 23.2 Å². The molecule has 2 aromatic heterocycles. The van der Waals surface area contributed by atoms with Crippen LogP contribution in [-0.2, 0) is 28.7 Å². The summed E-state index contributed by atoms with van der Waals surface area (Å²) in [6.07, 6.45) is 57.4. The van der Waals surface area contributed by atoms with E-state index in [1.165, 1.54) is 208 Å². The van der Waals surface area contributed by atoms with E-state index in [9.17, 15) is 19.5 Å². The second kappa shape index (κ2) is 51.0. The zero-order chi connectivity index (χ0) is 69.5. The molecule has 3 fully saturated rings. The third-order valence-electron chi connectivity index (χ3n) is 20.4. The van der Waals surface area contributed by atoms with Crippen LogP contribution in [0.1, 0.15) is 335 Å². The topological polar surface area (TPSA) is 203 Å². The van der Waals surface area contributed by atoms with Crippen LogP contribution in [-0.4, -0.2) is 121 Å². The van der Waals surface area contributed by atoms with Crippen LogP contribution in [0.4, 0.5) is 0 Å². The number of carboxylic acids is 1. The molecule has 0 saturated heterocycles. The highest BCUT2D eigenvalue weighted by molar-refractivity contribution is 14.1. The number of alkyl halides is 1. The number of aromatic nitrogens is 4. The third kappa shape index (κ3) is 33.5. The molecule has 5 unspecified atom stereocenters. The molecule has 0 bridgehead atoms. The minimum atomic E-state index is -0.799. The van der Waals surface area contributed by atoms with Crippen molar-refractivity contribution in [3.05, 3.63) is 23.5 Å². The largest absolute Gasteiger partial charge is 0.554 e. The number of esters is 2. The Balaban J connectivity index is 0.000000315. The van der Waals surface area contributed by atoms with E-state index in [-0.39, 0.29) is 24.4 Å². The van der Waals surface area contributed by atoms with Crippen molar-refractivity contribution in [2.24, 2.45) is 23.2 Å². The first-order chi connectivity index (χ1) is 46.7. The lowest BCUT2D eigenvalue weighted by Crippen LogP contribution is -2.57. The van der Waals surface area contributed by atoms with Crippen molar-refractivity contribution < 1.29 is 57.3 Å². The molecular weight excluding hydrogens is 1360 g/mol. The second-order valence-electron chi connectivity index (χ2n) is 29.2. The van der Waals surface area contributed by atoms with E-state index in [0.717, 1.165) is 149 Å². The van der Waals surface area contributed by atoms with Gasteiger partial charge in [0.15, 0.2) is 0 Å². The Morgan fingerprint density at radius 2 is 0.844 bits per heavy atom. The molecule has 0 spiro atoms. The van der Waals surface area contributed by atoms with Gasteiger partial charge in [-0.2, -0.15) is 8.75 Å². The van der Waals surface area contributed by atoms with Gasteiger partial charge in [0.25, 0.3) is 11.8 Å². The van der Waals surface area contributed by atoms with Crippen molar-refractivity contribution in [3.8, 4) is 11.8 Å². The molecule has 5 aliphatic rings. The lowest BCUT2D eigenvalue weighted by molar-refractivity contribution is -0.949. The Morgan fingerprint density at radius 1 is 0.521 bits per heavy atom. The maximum atomic E-state index is 12.8. The van der Waals surface area contributed by atoms with Crippen LogP contribution in [0.3, 0.4) is 0 Å². The highest BCUT2D eigenvalue weighted by Gasteiger charge is 2.50. The number of hydrogen-bond donors (Lipinski definition) is 0. The van der Waals surface area contributed by atoms with Gasteiger partial charge in [0.1, 0.15) is 24.5 Å². The molecule has 0 amide bonds. The van der Waals surface area contributed by atoms with Gasteiger partial charge >= 0.3 is 11.9 Å². The van der Waals surface area contributed by atoms with Gasteiger partial charge in [-0.1, -0.05) is 262 Å². The van der Waals surface area contributed by atoms with Crippen LogP contribution in [0.15, 0.2) is 12.2 Å². The van der Waals surface area contributed by atoms with E-state index < -0.39 is 17.9 Å². The van der Waals surface area contributed by atoms with Gasteiger partial charge in [0.2, 0.25) is 12.5 Å². The number of carboxylic acid groups (broad SMARTS) is 2. The van der Waals surface area contributed by atoms with Crippen molar-refractivity contribution in [2.45, 2.75) is 336 Å². The van der Waals surface area contributed by atoms with E-state index in [0.29, 0.717) is 60.0 Å². The van der Waals surface area contributed by atoms with Crippen LogP contribution in [0.2, 0.25) is 0 Å². The van der Waals surface area contributed by atoms with Crippen LogP contribution in [0.5, 0.6) is 11.8 Å². The van der Waals surface area contributed by atoms with Crippen molar-refractivity contribution in [3.63, 3.8) is 0 Å². The summed E-state index contributed by atoms with van der Waals surface area (Å²) in [5, 5.41) is 19.7. The van der Waals surface area contributed by atoms with E-state index in [2.05, 4.69) is 101 Å². The molecular formula is C77H133IN6O10S2. The Hall–Kier alpha value is -3.27. The lowest BCUT2D eigenvalue weighted by atomic mass is 9.80. The van der Waals surface area contributed by atoms with Crippen molar-refractivity contribution in [1.82, 2.24) is 17.5 Å². The number of rotatable bonds is 52. The molecule has 0 aromatic carbocycles. The average Bonchev–Trinajstić information content (AvgIpc) is 1.83. The number of unbranched alkanes of at least 4 members (excludes halogenated alkanes) is 29. The number of nitrogens with zero attached hydrogens (tertiary/aromatic N) is 6. The predicted octanol–water partition coefficient (Wildman–Crippen LogP) is 18.3. The Kier molecular flexibility index (Phi) is 45.2. The summed E-state index contributed by atoms with van der Waals surface area (Å²) in [6.45, 7) is 15.7. The van der Waals surface area contributed by atoms with Gasteiger partial charge in [-0.3, -0.25) is 18.6 Å². The second-order valence-corrected chi connectivity index (χ2v) is 31.0. The molecule has 2 aliphatic heterocycles. The van der Waals surface area contributed by atoms with Gasteiger partial charge in [0.05, 0.1) is 63.9 Å². The van der Waals surface area contributed by atoms with Gasteiger partial charge < -0.3 is 38.7 Å². The molecule has 3 saturated carbocycles. The summed E-state index contributed by atoms with van der Waals surface area (Å²) in [7, 11) is 4.51. The summed E-state index contributed by atoms with van der Waals surface area (Å²) < 4.78 is 44.8. The minimum Gasteiger partial charge on any atom is -0.554 e. The normalized spacial score (nSPS) is 19.5. The van der Waals surface area contributed by atoms with E-state index in [4.69, 9.17) is 28.8 Å². The zero-order valence-electron chi connectivity index (χ0n) is 61.3. The molecule has 3 aliphatic carbocycles. The number of aliphatic carboxylic acids is 1. The number of likely N-dealkylation sites (N-methyl/N-ethyl adjacent to an activating group) is 2. The van der Waals surface area contributed by atoms with Crippen molar-refractivity contribution >= 4 is 81.6 Å². The molecule has 7 rings (SSSR count). The number of ether oxygens (including phenoxy) is 4. The van der Waals surface area contributed by atoms with E-state index in [1.54, 1.807) is 0 Å². The fourth-order valence-electron chi connectivity index (χ4n) is 13.9. The molecule has 0 radical (unpaired) electrons. The van der Waals surface area contributed by atoms with E-state index in [1.807, 2.05) is 0 Å². The summed E-state index contributed by atoms with van der Waals surface area (Å²) in [5.74, 6) is 1.89. The van der Waals surface area contributed by atoms with E-state index >= 15 is 0 Å². The summed E-state index contributed by atoms with van der Waals surface area (Å²) in [6, 6.07) is 0. The monoisotopic (exact) mass is 1490 g/mol. The summed E-state index contributed by atoms with van der Waals surface area (Å²) in [5.41, 5.74) is 3.64. The van der Waals surface area contributed by atoms with Gasteiger partial charge in [0, 0.05) is 70.9 Å². The number of quaternary nitrogens is 2. The average molecular weight is 1490 g/mol. The first-order valence-corrected chi connectivity index (χ1v) is 41.9. The zero-order valence-corrected chi connectivity index (χ0v) is 65.1. The highest BCUT2D eigenvalue weighted by Crippen LogP contribution is 2.50. The summed E-state index contributed by atoms with van der Waals surface area (Å²) >= 11 is 4.69. The molecule has 5 atom stereocenters. The Bertz CT molecular complexity index is 2320. The molecule has 4 heterocycles. The van der Waals surface area contributed by atoms with Crippen LogP contribution in [0.25, 0.3) is 11.1 Å². The molecule has 16 nitrogen and oxygen atoms in total. The number of carbonyl (C=O) groups is 4. The van der Waals surface area contributed by atoms with Crippen LogP contribution < -0.4 is 19.7 Å². The molecule has 550 valence electrons. The number of halogens is 1. The van der Waals surface area contributed by atoms with Gasteiger partial charge in [-0.05, 0) is 76.5 Å². The van der Waals surface area contributed by atoms with Crippen LogP contribution >= 0.6 is 46.0 Å². The molecule has 0 N–H and O–H groups in total. The number of carbonyl (C=O) groups excluding carboxylic acids is 4. The highest BCUT2D eigenvalue weighted by atomic mass is 127. The molecule has 96 heavy (non-hydrogen) atoms. The predicted molar refractivity (Wildman–Crippen MR) is 397 cm³/mol. The quantitative estimate of drug-likeness (QED) is 0.0151. The fraction of sp³-hybridized carbons (Fsp3) is 0.844. The van der Waals surface area contributed by atoms with Gasteiger partial charge in [-0.25, -0.2) is 0 Å². The lowest BCUT2D eigenvalue weighted by Gasteiger charge is -2.43. The Morgan fingerprint density at radius 3 is 1.16 bits per heavy atom. The Labute approximate surface area is 604 Å². The molecule has 19 heteroatoms. The summed E-state index contributed by atoms with van der Waals surface area (Å²) in [4.78, 5) is 45.4. The van der Waals surface area contributed by atoms with Crippen molar-refractivity contribution in [2.75, 3.05) is 57.9 Å². The standard InChI is InChI=1S/2C30H52N3O3S.C16H29IO2.CH2O2/c2*1-4-6-8-10-11-12-13-14-15-19-27(34)36-30(25-20-21-25)33(3)22-17-18-26(24-33)28-29(32-37-31-28)35-23-16-9-7-5-2;1-2-3-4-5-6-7-8-9-12-16(13-17,15(18)19)14-10-11-14;2-1-3/h2*18,25,30H,4-17,19-24H2,1-3H3;14H,2-13H2,1H3,(H,18,19);1H,(H,2,3)/q2*+1;;/p-2. The fourth-order valence-corrected chi connectivity index (χ4v) is 16.3. The minimum absolute atomic E-state index is 0.0123. The van der Waals surface area contributed by atoms with Crippen molar-refractivity contribution in [1.29, 1.82) is 0 Å². The molecule has 2 aromatic rings. The first-order valence-electron chi connectivity index (χ1n) is 38.9. The maximum absolute atomic E-state index is 12.8. The maximum Gasteiger partial charge on any atom is 0.310 e. The first kappa shape index (κ1) is 85.1.